The molecular weight excluding hydrogens is 369 g/mol. The molecule has 0 radical (unpaired) electrons. The van der Waals surface area contributed by atoms with Crippen molar-refractivity contribution >= 4 is 28.9 Å². The molecule has 134 valence electrons. The first-order chi connectivity index (χ1) is 11.5. The molecule has 0 aliphatic carbocycles. The van der Waals surface area contributed by atoms with Gasteiger partial charge in [0.15, 0.2) is 5.69 Å². The number of nitro benzene ring substituents is 1. The first kappa shape index (κ1) is 18.5. The SMILES string of the molecule is Cc1c(Cl)c(C(F)(F)F)nn1CC(=O)Nc1ccc([N+](=O)[O-])cc1O. The number of amides is 1. The Morgan fingerprint density at radius 2 is 2.12 bits per heavy atom. The molecule has 1 aromatic carbocycles. The second kappa shape index (κ2) is 6.59. The lowest BCUT2D eigenvalue weighted by molar-refractivity contribution is -0.384. The van der Waals surface area contributed by atoms with E-state index in [0.717, 1.165) is 22.9 Å². The van der Waals surface area contributed by atoms with Gasteiger partial charge in [0.25, 0.3) is 5.69 Å². The van der Waals surface area contributed by atoms with Crippen molar-refractivity contribution in [2.45, 2.75) is 19.6 Å². The lowest BCUT2D eigenvalue weighted by atomic mass is 10.2. The molecule has 2 rings (SSSR count). The summed E-state index contributed by atoms with van der Waals surface area (Å²) in [6, 6.07) is 2.97. The first-order valence-electron chi connectivity index (χ1n) is 6.58. The molecule has 25 heavy (non-hydrogen) atoms. The summed E-state index contributed by atoms with van der Waals surface area (Å²) in [4.78, 5) is 21.8. The molecular formula is C13H10ClF3N4O4. The molecule has 0 saturated carbocycles. The minimum atomic E-state index is -4.76. The fraction of sp³-hybridized carbons (Fsp3) is 0.231. The number of halogens is 4. The van der Waals surface area contributed by atoms with Gasteiger partial charge in [0.05, 0.1) is 27.4 Å². The summed E-state index contributed by atoms with van der Waals surface area (Å²) in [5.74, 6) is -1.37. The fourth-order valence-electron chi connectivity index (χ4n) is 1.92. The molecule has 2 N–H and O–H groups in total. The average Bonchev–Trinajstić information content (AvgIpc) is 2.77. The maximum absolute atomic E-state index is 12.7. The Balaban J connectivity index is 2.17. The van der Waals surface area contributed by atoms with E-state index in [1.54, 1.807) is 0 Å². The van der Waals surface area contributed by atoms with Crippen LogP contribution in [0.25, 0.3) is 0 Å². The Bertz CT molecular complexity index is 851. The number of aromatic hydroxyl groups is 1. The van der Waals surface area contributed by atoms with Gasteiger partial charge in [-0.3, -0.25) is 19.6 Å². The minimum absolute atomic E-state index is 0.0583. The van der Waals surface area contributed by atoms with E-state index in [4.69, 9.17) is 11.6 Å². The molecule has 0 aliphatic rings. The number of phenolic OH excluding ortho intramolecular Hbond substituents is 1. The van der Waals surface area contributed by atoms with Crippen LogP contribution in [0, 0.1) is 17.0 Å². The van der Waals surface area contributed by atoms with Crippen molar-refractivity contribution in [3.05, 3.63) is 44.7 Å². The number of alkyl halides is 3. The highest BCUT2D eigenvalue weighted by molar-refractivity contribution is 6.32. The number of carbonyl (C=O) groups is 1. The Morgan fingerprint density at radius 3 is 2.60 bits per heavy atom. The van der Waals surface area contributed by atoms with E-state index < -0.39 is 40.0 Å². The van der Waals surface area contributed by atoms with Crippen molar-refractivity contribution < 1.29 is 28.0 Å². The first-order valence-corrected chi connectivity index (χ1v) is 6.96. The number of anilines is 1. The number of nitrogens with one attached hydrogen (secondary N) is 1. The van der Waals surface area contributed by atoms with Crippen LogP contribution in [0.4, 0.5) is 24.5 Å². The third kappa shape index (κ3) is 3.99. The molecule has 1 amide bonds. The number of carbonyl (C=O) groups excluding carboxylic acids is 1. The Morgan fingerprint density at radius 1 is 1.48 bits per heavy atom. The highest BCUT2D eigenvalue weighted by Gasteiger charge is 2.38. The smallest absolute Gasteiger partial charge is 0.436 e. The molecule has 0 unspecified atom stereocenters. The number of non-ortho nitro benzene ring substituents is 1. The molecule has 0 bridgehead atoms. The van der Waals surface area contributed by atoms with Crippen LogP contribution in [0.5, 0.6) is 5.75 Å². The summed E-state index contributed by atoms with van der Waals surface area (Å²) in [6.07, 6.45) is -4.76. The number of benzene rings is 1. The van der Waals surface area contributed by atoms with Gasteiger partial charge in [0.2, 0.25) is 5.91 Å². The van der Waals surface area contributed by atoms with Crippen LogP contribution in [0.1, 0.15) is 11.4 Å². The van der Waals surface area contributed by atoms with Gasteiger partial charge < -0.3 is 10.4 Å². The normalized spacial score (nSPS) is 11.4. The molecule has 0 atom stereocenters. The number of hydrogen-bond donors (Lipinski definition) is 2. The van der Waals surface area contributed by atoms with Crippen LogP contribution >= 0.6 is 11.6 Å². The predicted molar refractivity (Wildman–Crippen MR) is 80.4 cm³/mol. The number of nitrogens with zero attached hydrogens (tertiary/aromatic N) is 3. The lowest BCUT2D eigenvalue weighted by Gasteiger charge is -2.08. The van der Waals surface area contributed by atoms with E-state index >= 15 is 0 Å². The number of aromatic nitrogens is 2. The number of hydrogen-bond acceptors (Lipinski definition) is 5. The molecule has 0 aliphatic heterocycles. The quantitative estimate of drug-likeness (QED) is 0.482. The molecule has 0 saturated heterocycles. The van der Waals surface area contributed by atoms with Crippen LogP contribution < -0.4 is 5.32 Å². The zero-order chi connectivity index (χ0) is 18.9. The van der Waals surface area contributed by atoms with Gasteiger partial charge in [-0.1, -0.05) is 11.6 Å². The second-order valence-corrected chi connectivity index (χ2v) is 5.29. The van der Waals surface area contributed by atoms with Gasteiger partial charge in [-0.15, -0.1) is 0 Å². The Hall–Kier alpha value is -2.82. The Labute approximate surface area is 143 Å². The van der Waals surface area contributed by atoms with Crippen molar-refractivity contribution in [1.82, 2.24) is 9.78 Å². The van der Waals surface area contributed by atoms with Crippen LogP contribution in [-0.4, -0.2) is 25.7 Å². The molecule has 8 nitrogen and oxygen atoms in total. The summed E-state index contributed by atoms with van der Waals surface area (Å²) in [5, 5.41) is 25.1. The van der Waals surface area contributed by atoms with E-state index in [-0.39, 0.29) is 17.1 Å². The summed E-state index contributed by atoms with van der Waals surface area (Å²) in [5.41, 5.74) is -1.89. The molecule has 0 fully saturated rings. The highest BCUT2D eigenvalue weighted by Crippen LogP contribution is 2.35. The standard InChI is InChI=1S/C13H10ClF3N4O4/c1-6-11(14)12(13(15,16)17)19-20(6)5-10(23)18-8-3-2-7(21(24)25)4-9(8)22/h2-4,22H,5H2,1H3,(H,18,23). The van der Waals surface area contributed by atoms with Gasteiger partial charge in [-0.2, -0.15) is 18.3 Å². The number of nitro groups is 1. The van der Waals surface area contributed by atoms with Crippen molar-refractivity contribution in [1.29, 1.82) is 0 Å². The van der Waals surface area contributed by atoms with Crippen molar-refractivity contribution in [3.63, 3.8) is 0 Å². The number of phenols is 1. The zero-order valence-electron chi connectivity index (χ0n) is 12.5. The predicted octanol–water partition coefficient (Wildman–Crippen LogP) is 3.12. The topological polar surface area (TPSA) is 110 Å². The van der Waals surface area contributed by atoms with Crippen LogP contribution in [-0.2, 0) is 17.5 Å². The van der Waals surface area contributed by atoms with Gasteiger partial charge in [-0.25, -0.2) is 0 Å². The molecule has 0 spiro atoms. The third-order valence-electron chi connectivity index (χ3n) is 3.16. The maximum atomic E-state index is 12.7. The van der Waals surface area contributed by atoms with Gasteiger partial charge in [-0.05, 0) is 13.0 Å². The maximum Gasteiger partial charge on any atom is 0.436 e. The summed E-state index contributed by atoms with van der Waals surface area (Å²) < 4.78 is 39.0. The van der Waals surface area contributed by atoms with Crippen molar-refractivity contribution in [3.8, 4) is 5.75 Å². The van der Waals surface area contributed by atoms with E-state index in [2.05, 4.69) is 10.4 Å². The van der Waals surface area contributed by atoms with Crippen LogP contribution in [0.2, 0.25) is 5.02 Å². The summed E-state index contributed by atoms with van der Waals surface area (Å²) in [7, 11) is 0. The van der Waals surface area contributed by atoms with Gasteiger partial charge in [0, 0.05) is 6.07 Å². The summed E-state index contributed by atoms with van der Waals surface area (Å²) >= 11 is 5.58. The van der Waals surface area contributed by atoms with Crippen LogP contribution in [0.15, 0.2) is 18.2 Å². The third-order valence-corrected chi connectivity index (χ3v) is 3.61. The lowest BCUT2D eigenvalue weighted by Crippen LogP contribution is -2.21. The number of rotatable bonds is 4. The molecule has 2 aromatic rings. The molecule has 1 aromatic heterocycles. The highest BCUT2D eigenvalue weighted by atomic mass is 35.5. The van der Waals surface area contributed by atoms with E-state index in [0.29, 0.717) is 0 Å². The second-order valence-electron chi connectivity index (χ2n) is 4.91. The zero-order valence-corrected chi connectivity index (χ0v) is 13.2. The molecule has 12 heteroatoms. The fourth-order valence-corrected chi connectivity index (χ4v) is 2.17. The van der Waals surface area contributed by atoms with E-state index in [1.807, 2.05) is 0 Å². The monoisotopic (exact) mass is 378 g/mol. The van der Waals surface area contributed by atoms with Crippen molar-refractivity contribution in [2.75, 3.05) is 5.32 Å². The van der Waals surface area contributed by atoms with E-state index in [1.165, 1.54) is 6.92 Å². The summed E-state index contributed by atoms with van der Waals surface area (Å²) in [6.45, 7) is 0.666. The molecule has 1 heterocycles. The Kier molecular flexibility index (Phi) is 4.88. The van der Waals surface area contributed by atoms with Crippen molar-refractivity contribution in [2.24, 2.45) is 0 Å². The largest absolute Gasteiger partial charge is 0.506 e. The minimum Gasteiger partial charge on any atom is -0.506 e. The van der Waals surface area contributed by atoms with Gasteiger partial charge in [0.1, 0.15) is 12.3 Å². The average molecular weight is 379 g/mol. The van der Waals surface area contributed by atoms with Crippen LogP contribution in [0.3, 0.4) is 0 Å². The van der Waals surface area contributed by atoms with E-state index in [9.17, 15) is 33.2 Å². The van der Waals surface area contributed by atoms with Gasteiger partial charge >= 0.3 is 6.18 Å².